The molecule has 1 aromatic heterocycles. The van der Waals surface area contributed by atoms with Crippen LogP contribution in [0.1, 0.15) is 28.8 Å². The van der Waals surface area contributed by atoms with Crippen LogP contribution in [0.25, 0.3) is 10.8 Å². The highest BCUT2D eigenvalue weighted by atomic mass is 16.5. The van der Waals surface area contributed by atoms with Crippen molar-refractivity contribution in [1.29, 1.82) is 0 Å². The zero-order valence-corrected chi connectivity index (χ0v) is 14.5. The largest absolute Gasteiger partial charge is 0.497 e. The predicted molar refractivity (Wildman–Crippen MR) is 98.8 cm³/mol. The molecule has 0 bridgehead atoms. The van der Waals surface area contributed by atoms with Crippen LogP contribution in [0, 0.1) is 0 Å². The van der Waals surface area contributed by atoms with Crippen LogP contribution in [-0.2, 0) is 4.79 Å². The molecular weight excluding hydrogens is 330 g/mol. The lowest BCUT2D eigenvalue weighted by molar-refractivity contribution is -0.123. The van der Waals surface area contributed by atoms with Crippen molar-refractivity contribution in [1.82, 2.24) is 15.8 Å². The molecule has 0 saturated heterocycles. The van der Waals surface area contributed by atoms with E-state index in [-0.39, 0.29) is 5.91 Å². The van der Waals surface area contributed by atoms with Gasteiger partial charge in [-0.25, -0.2) is 0 Å². The Labute approximate surface area is 151 Å². The first kappa shape index (κ1) is 17.4. The number of carbonyl (C=O) groups is 2. The minimum Gasteiger partial charge on any atom is -0.497 e. The van der Waals surface area contributed by atoms with Crippen LogP contribution in [-0.4, -0.2) is 23.9 Å². The molecule has 2 amide bonds. The minimum absolute atomic E-state index is 0.296. The number of pyridine rings is 1. The van der Waals surface area contributed by atoms with Crippen LogP contribution in [0.2, 0.25) is 0 Å². The Kier molecular flexibility index (Phi) is 5.12. The van der Waals surface area contributed by atoms with E-state index in [1.54, 1.807) is 32.4 Å². The molecule has 3 rings (SSSR count). The molecule has 0 aliphatic carbocycles. The molecule has 0 fully saturated rings. The zero-order valence-electron chi connectivity index (χ0n) is 14.5. The number of benzene rings is 2. The van der Waals surface area contributed by atoms with Crippen LogP contribution < -0.4 is 15.6 Å². The number of rotatable bonds is 4. The molecule has 26 heavy (non-hydrogen) atoms. The highest BCUT2D eigenvalue weighted by molar-refractivity contribution is 5.96. The fraction of sp³-hybridized carbons (Fsp3) is 0.150. The molecule has 1 unspecified atom stereocenters. The molecule has 0 radical (unpaired) electrons. The Morgan fingerprint density at radius 2 is 1.81 bits per heavy atom. The Morgan fingerprint density at radius 3 is 2.54 bits per heavy atom. The second-order valence-electron chi connectivity index (χ2n) is 5.88. The first-order chi connectivity index (χ1) is 12.6. The number of amides is 2. The Morgan fingerprint density at radius 1 is 1.04 bits per heavy atom. The van der Waals surface area contributed by atoms with E-state index in [0.29, 0.717) is 5.56 Å². The van der Waals surface area contributed by atoms with E-state index >= 15 is 0 Å². The van der Waals surface area contributed by atoms with E-state index in [1.165, 1.54) is 6.20 Å². The topological polar surface area (TPSA) is 80.3 Å². The highest BCUT2D eigenvalue weighted by Crippen LogP contribution is 2.25. The van der Waals surface area contributed by atoms with Gasteiger partial charge in [-0.05, 0) is 47.5 Å². The molecule has 0 aliphatic rings. The van der Waals surface area contributed by atoms with E-state index in [4.69, 9.17) is 4.74 Å². The number of carbonyl (C=O) groups excluding carboxylic acids is 2. The average molecular weight is 349 g/mol. The van der Waals surface area contributed by atoms with E-state index in [9.17, 15) is 9.59 Å². The maximum absolute atomic E-state index is 12.4. The summed E-state index contributed by atoms with van der Waals surface area (Å²) in [6, 6.07) is 14.9. The Balaban J connectivity index is 1.68. The number of ether oxygens (including phenoxy) is 1. The summed E-state index contributed by atoms with van der Waals surface area (Å²) in [5, 5.41) is 2.05. The molecule has 3 aromatic rings. The van der Waals surface area contributed by atoms with Crippen molar-refractivity contribution in [2.45, 2.75) is 12.8 Å². The summed E-state index contributed by atoms with van der Waals surface area (Å²) in [6.45, 7) is 1.79. The van der Waals surface area contributed by atoms with Gasteiger partial charge in [0.2, 0.25) is 5.91 Å². The third-order valence-electron chi connectivity index (χ3n) is 4.19. The number of hydrazine groups is 1. The van der Waals surface area contributed by atoms with Crippen LogP contribution in [0.15, 0.2) is 60.9 Å². The highest BCUT2D eigenvalue weighted by Gasteiger charge is 2.16. The molecule has 2 aromatic carbocycles. The van der Waals surface area contributed by atoms with Crippen LogP contribution in [0.5, 0.6) is 5.75 Å². The summed E-state index contributed by atoms with van der Waals surface area (Å²) < 4.78 is 5.22. The lowest BCUT2D eigenvalue weighted by Crippen LogP contribution is -2.43. The fourth-order valence-corrected chi connectivity index (χ4v) is 2.59. The molecule has 1 heterocycles. The summed E-state index contributed by atoms with van der Waals surface area (Å²) in [5.74, 6) is -0.343. The lowest BCUT2D eigenvalue weighted by atomic mass is 9.97. The van der Waals surface area contributed by atoms with Crippen molar-refractivity contribution in [2.75, 3.05) is 7.11 Å². The van der Waals surface area contributed by atoms with Gasteiger partial charge < -0.3 is 4.74 Å². The van der Waals surface area contributed by atoms with Gasteiger partial charge in [-0.3, -0.25) is 25.4 Å². The van der Waals surface area contributed by atoms with Gasteiger partial charge in [0.1, 0.15) is 5.75 Å². The molecule has 0 saturated carbocycles. The number of methoxy groups -OCH3 is 1. The summed E-state index contributed by atoms with van der Waals surface area (Å²) in [5.41, 5.74) is 6.10. The van der Waals surface area contributed by atoms with Crippen molar-refractivity contribution >= 4 is 22.6 Å². The van der Waals surface area contributed by atoms with Gasteiger partial charge >= 0.3 is 0 Å². The molecule has 0 aliphatic heterocycles. The quantitative estimate of drug-likeness (QED) is 0.710. The van der Waals surface area contributed by atoms with Crippen LogP contribution in [0.4, 0.5) is 0 Å². The molecule has 6 nitrogen and oxygen atoms in total. The van der Waals surface area contributed by atoms with Crippen molar-refractivity contribution in [3.05, 3.63) is 72.1 Å². The summed E-state index contributed by atoms with van der Waals surface area (Å²) >= 11 is 0. The third kappa shape index (κ3) is 3.80. The fourth-order valence-electron chi connectivity index (χ4n) is 2.59. The zero-order chi connectivity index (χ0) is 18.5. The van der Waals surface area contributed by atoms with Gasteiger partial charge in [0.05, 0.1) is 18.6 Å². The number of nitrogens with zero attached hydrogens (tertiary/aromatic N) is 1. The van der Waals surface area contributed by atoms with Gasteiger partial charge in [0.25, 0.3) is 5.91 Å². The van der Waals surface area contributed by atoms with Crippen molar-refractivity contribution in [3.8, 4) is 5.75 Å². The van der Waals surface area contributed by atoms with E-state index in [2.05, 4.69) is 15.8 Å². The van der Waals surface area contributed by atoms with Gasteiger partial charge in [-0.15, -0.1) is 0 Å². The Bertz CT molecular complexity index is 941. The minimum atomic E-state index is -0.421. The SMILES string of the molecule is COc1ccc2cc(C(C)C(=O)NNC(=O)c3cccnc3)ccc2c1. The average Bonchev–Trinajstić information content (AvgIpc) is 2.70. The van der Waals surface area contributed by atoms with Crippen LogP contribution >= 0.6 is 0 Å². The molecule has 1 atom stereocenters. The van der Waals surface area contributed by atoms with E-state index in [0.717, 1.165) is 22.1 Å². The van der Waals surface area contributed by atoms with Crippen molar-refractivity contribution in [2.24, 2.45) is 0 Å². The smallest absolute Gasteiger partial charge is 0.271 e. The lowest BCUT2D eigenvalue weighted by Gasteiger charge is -2.14. The predicted octanol–water partition coefficient (Wildman–Crippen LogP) is 2.81. The molecular formula is C20H19N3O3. The van der Waals surface area contributed by atoms with Crippen molar-refractivity contribution in [3.63, 3.8) is 0 Å². The first-order valence-corrected chi connectivity index (χ1v) is 8.16. The summed E-state index contributed by atoms with van der Waals surface area (Å²) in [7, 11) is 1.63. The summed E-state index contributed by atoms with van der Waals surface area (Å²) in [6.07, 6.45) is 3.01. The first-order valence-electron chi connectivity index (χ1n) is 8.16. The van der Waals surface area contributed by atoms with Gasteiger partial charge in [-0.2, -0.15) is 0 Å². The maximum Gasteiger partial charge on any atom is 0.271 e. The number of hydrogen-bond acceptors (Lipinski definition) is 4. The summed E-state index contributed by atoms with van der Waals surface area (Å²) in [4.78, 5) is 28.2. The molecule has 2 N–H and O–H groups in total. The molecule has 0 spiro atoms. The molecule has 6 heteroatoms. The standard InChI is InChI=1S/C20H19N3O3/c1-13(19(24)22-23-20(25)17-4-3-9-21-12-17)14-5-6-16-11-18(26-2)8-7-15(16)10-14/h3-13H,1-2H3,(H,22,24)(H,23,25). The number of fused-ring (bicyclic) bond motifs is 1. The monoisotopic (exact) mass is 349 g/mol. The van der Waals surface area contributed by atoms with Gasteiger partial charge in [0.15, 0.2) is 0 Å². The number of aromatic nitrogens is 1. The van der Waals surface area contributed by atoms with Gasteiger partial charge in [-0.1, -0.05) is 24.3 Å². The number of hydrogen-bond donors (Lipinski definition) is 2. The Hall–Kier alpha value is -3.41. The van der Waals surface area contributed by atoms with Gasteiger partial charge in [0, 0.05) is 12.4 Å². The number of nitrogens with one attached hydrogen (secondary N) is 2. The van der Waals surface area contributed by atoms with Crippen molar-refractivity contribution < 1.29 is 14.3 Å². The second kappa shape index (κ2) is 7.65. The third-order valence-corrected chi connectivity index (χ3v) is 4.19. The normalized spacial score (nSPS) is 11.6. The van der Waals surface area contributed by atoms with E-state index in [1.807, 2.05) is 36.4 Å². The van der Waals surface area contributed by atoms with Crippen LogP contribution in [0.3, 0.4) is 0 Å². The second-order valence-corrected chi connectivity index (χ2v) is 5.88. The van der Waals surface area contributed by atoms with E-state index < -0.39 is 11.8 Å². The maximum atomic E-state index is 12.4. The molecule has 132 valence electrons.